The number of likely N-dealkylation sites (tertiary alicyclic amines) is 1. The fourth-order valence-corrected chi connectivity index (χ4v) is 8.88. The van der Waals surface area contributed by atoms with Gasteiger partial charge in [-0.15, -0.1) is 11.8 Å². The molecule has 200 valence electrons. The van der Waals surface area contributed by atoms with Gasteiger partial charge in [0.2, 0.25) is 17.7 Å². The molecule has 3 fully saturated rings. The summed E-state index contributed by atoms with van der Waals surface area (Å²) in [6, 6.07) is 23.7. The quantitative estimate of drug-likeness (QED) is 0.387. The number of anilines is 2. The molecule has 3 aromatic rings. The van der Waals surface area contributed by atoms with E-state index in [0.717, 1.165) is 12.0 Å². The number of amides is 3. The van der Waals surface area contributed by atoms with Crippen molar-refractivity contribution in [3.63, 3.8) is 0 Å². The minimum absolute atomic E-state index is 0.0695. The van der Waals surface area contributed by atoms with Crippen molar-refractivity contribution < 1.29 is 19.5 Å². The number of aliphatic hydroxyl groups excluding tert-OH is 1. The van der Waals surface area contributed by atoms with Gasteiger partial charge in [0.25, 0.3) is 0 Å². The number of para-hydroxylation sites is 1. The van der Waals surface area contributed by atoms with Crippen LogP contribution in [0.5, 0.6) is 0 Å². The van der Waals surface area contributed by atoms with Crippen molar-refractivity contribution in [2.45, 2.75) is 34.9 Å². The SMILES string of the molecule is O=C(Nc1ccc(Cl)cc1)C1N([C@H](CO)c2ccccc2)C(=O)[C@@H]2[C@H](C(=O)Nc3ccccc3)[C@@H]3CCC12S3. The van der Waals surface area contributed by atoms with Gasteiger partial charge < -0.3 is 20.6 Å². The average molecular weight is 562 g/mol. The van der Waals surface area contributed by atoms with Crippen molar-refractivity contribution in [1.82, 2.24) is 4.90 Å². The first-order valence-electron chi connectivity index (χ1n) is 13.0. The fourth-order valence-electron chi connectivity index (χ4n) is 6.55. The number of rotatable bonds is 7. The number of carbonyl (C=O) groups excluding carboxylic acids is 3. The maximum absolute atomic E-state index is 14.3. The molecule has 39 heavy (non-hydrogen) atoms. The molecule has 0 aromatic heterocycles. The molecule has 3 aromatic carbocycles. The van der Waals surface area contributed by atoms with E-state index in [4.69, 9.17) is 11.6 Å². The van der Waals surface area contributed by atoms with E-state index in [1.54, 1.807) is 40.9 Å². The van der Waals surface area contributed by atoms with Crippen LogP contribution in [0, 0.1) is 11.8 Å². The number of carbonyl (C=O) groups is 3. The molecule has 0 radical (unpaired) electrons. The van der Waals surface area contributed by atoms with Crippen LogP contribution in [0.3, 0.4) is 0 Å². The molecule has 3 amide bonds. The molecule has 2 bridgehead atoms. The lowest BCUT2D eigenvalue weighted by Crippen LogP contribution is -2.52. The number of halogens is 1. The van der Waals surface area contributed by atoms with Crippen molar-refractivity contribution in [1.29, 1.82) is 0 Å². The van der Waals surface area contributed by atoms with Gasteiger partial charge in [-0.25, -0.2) is 0 Å². The zero-order valence-corrected chi connectivity index (χ0v) is 22.6. The Hall–Kier alpha value is -3.33. The van der Waals surface area contributed by atoms with Crippen LogP contribution in [0.4, 0.5) is 11.4 Å². The molecule has 2 unspecified atom stereocenters. The standard InChI is InChI=1S/C30H28ClN3O4S/c31-19-11-13-21(14-12-19)33-28(37)26-30-16-15-23(39-30)24(27(36)32-20-9-5-2-6-10-20)25(30)29(38)34(26)22(17-35)18-7-3-1-4-8-18/h1-14,22-26,35H,15-17H2,(H,32,36)(H,33,37)/t22-,23+,24-,25+,26?,30?/m1/s1. The minimum Gasteiger partial charge on any atom is -0.394 e. The Bertz CT molecular complexity index is 1390. The third-order valence-electron chi connectivity index (χ3n) is 8.14. The maximum Gasteiger partial charge on any atom is 0.248 e. The van der Waals surface area contributed by atoms with E-state index in [1.165, 1.54) is 0 Å². The summed E-state index contributed by atoms with van der Waals surface area (Å²) in [4.78, 5) is 43.6. The van der Waals surface area contributed by atoms with Crippen molar-refractivity contribution in [2.75, 3.05) is 17.2 Å². The highest BCUT2D eigenvalue weighted by Gasteiger charge is 2.74. The molecule has 9 heteroatoms. The molecule has 6 atom stereocenters. The number of aliphatic hydroxyl groups is 1. The molecular formula is C30H28ClN3O4S. The first-order valence-corrected chi connectivity index (χ1v) is 14.3. The molecule has 3 aliphatic heterocycles. The Kier molecular flexibility index (Phi) is 6.87. The molecule has 0 aliphatic carbocycles. The molecule has 7 nitrogen and oxygen atoms in total. The summed E-state index contributed by atoms with van der Waals surface area (Å²) in [5.74, 6) is -2.07. The average Bonchev–Trinajstić information content (AvgIpc) is 3.59. The van der Waals surface area contributed by atoms with Crippen LogP contribution in [0.15, 0.2) is 84.9 Å². The zero-order chi connectivity index (χ0) is 27.1. The summed E-state index contributed by atoms with van der Waals surface area (Å²) >= 11 is 7.63. The van der Waals surface area contributed by atoms with E-state index in [0.29, 0.717) is 22.8 Å². The highest BCUT2D eigenvalue weighted by atomic mass is 35.5. The van der Waals surface area contributed by atoms with Crippen LogP contribution in [-0.2, 0) is 14.4 Å². The van der Waals surface area contributed by atoms with Crippen LogP contribution in [0.1, 0.15) is 24.4 Å². The molecule has 3 heterocycles. The van der Waals surface area contributed by atoms with Gasteiger partial charge in [-0.3, -0.25) is 14.4 Å². The third kappa shape index (κ3) is 4.40. The second kappa shape index (κ2) is 10.3. The van der Waals surface area contributed by atoms with Gasteiger partial charge in [0.1, 0.15) is 6.04 Å². The Morgan fingerprint density at radius 3 is 2.23 bits per heavy atom. The highest BCUT2D eigenvalue weighted by molar-refractivity contribution is 8.02. The van der Waals surface area contributed by atoms with E-state index in [2.05, 4.69) is 10.6 Å². The van der Waals surface area contributed by atoms with Crippen LogP contribution >= 0.6 is 23.4 Å². The van der Waals surface area contributed by atoms with Crippen molar-refractivity contribution in [2.24, 2.45) is 11.8 Å². The van der Waals surface area contributed by atoms with E-state index in [1.807, 2.05) is 60.7 Å². The summed E-state index contributed by atoms with van der Waals surface area (Å²) < 4.78 is -0.779. The number of thioether (sulfide) groups is 1. The molecule has 3 saturated heterocycles. The van der Waals surface area contributed by atoms with Gasteiger partial charge in [-0.05, 0) is 54.8 Å². The summed E-state index contributed by atoms with van der Waals surface area (Å²) in [5.41, 5.74) is 1.97. The van der Waals surface area contributed by atoms with Crippen LogP contribution in [0.2, 0.25) is 5.02 Å². The summed E-state index contributed by atoms with van der Waals surface area (Å²) in [6.07, 6.45) is 1.37. The lowest BCUT2D eigenvalue weighted by molar-refractivity contribution is -0.141. The minimum atomic E-state index is -0.868. The van der Waals surface area contributed by atoms with E-state index in [9.17, 15) is 19.5 Å². The number of hydrogen-bond acceptors (Lipinski definition) is 5. The van der Waals surface area contributed by atoms with Crippen LogP contribution in [-0.4, -0.2) is 50.4 Å². The lowest BCUT2D eigenvalue weighted by atomic mass is 9.70. The van der Waals surface area contributed by atoms with Gasteiger partial charge in [-0.2, -0.15) is 0 Å². The largest absolute Gasteiger partial charge is 0.394 e. The Morgan fingerprint density at radius 2 is 1.56 bits per heavy atom. The number of nitrogens with zero attached hydrogens (tertiary/aromatic N) is 1. The highest BCUT2D eigenvalue weighted by Crippen LogP contribution is 2.67. The molecule has 6 rings (SSSR count). The fraction of sp³-hybridized carbons (Fsp3) is 0.300. The Balaban J connectivity index is 1.39. The molecule has 3 aliphatic rings. The van der Waals surface area contributed by atoms with Crippen LogP contribution < -0.4 is 10.6 Å². The normalized spacial score (nSPS) is 27.7. The monoisotopic (exact) mass is 561 g/mol. The van der Waals surface area contributed by atoms with Gasteiger partial charge in [-0.1, -0.05) is 60.1 Å². The maximum atomic E-state index is 14.3. The Morgan fingerprint density at radius 1 is 0.949 bits per heavy atom. The topological polar surface area (TPSA) is 98.7 Å². The van der Waals surface area contributed by atoms with E-state index >= 15 is 0 Å². The second-order valence-corrected chi connectivity index (χ2v) is 12.3. The van der Waals surface area contributed by atoms with E-state index < -0.39 is 28.7 Å². The van der Waals surface area contributed by atoms with Gasteiger partial charge in [0.15, 0.2) is 0 Å². The first-order chi connectivity index (χ1) is 18.9. The van der Waals surface area contributed by atoms with Crippen molar-refractivity contribution in [3.8, 4) is 0 Å². The predicted molar refractivity (Wildman–Crippen MR) is 152 cm³/mol. The van der Waals surface area contributed by atoms with Gasteiger partial charge in [0.05, 0.1) is 29.2 Å². The molecule has 1 spiro atoms. The number of hydrogen-bond donors (Lipinski definition) is 3. The van der Waals surface area contributed by atoms with E-state index in [-0.39, 0.29) is 29.6 Å². The molecule has 3 N–H and O–H groups in total. The lowest BCUT2D eigenvalue weighted by Gasteiger charge is -2.37. The number of nitrogens with one attached hydrogen (secondary N) is 2. The van der Waals surface area contributed by atoms with Crippen LogP contribution in [0.25, 0.3) is 0 Å². The van der Waals surface area contributed by atoms with Gasteiger partial charge >= 0.3 is 0 Å². The summed E-state index contributed by atoms with van der Waals surface area (Å²) in [6.45, 7) is -0.349. The summed E-state index contributed by atoms with van der Waals surface area (Å²) in [5, 5.41) is 17.0. The summed E-state index contributed by atoms with van der Waals surface area (Å²) in [7, 11) is 0. The van der Waals surface area contributed by atoms with Gasteiger partial charge in [0, 0.05) is 21.6 Å². The van der Waals surface area contributed by atoms with Crippen molar-refractivity contribution in [3.05, 3.63) is 95.5 Å². The molecule has 0 saturated carbocycles. The number of benzene rings is 3. The smallest absolute Gasteiger partial charge is 0.248 e. The second-order valence-electron chi connectivity index (χ2n) is 10.3. The third-order valence-corrected chi connectivity index (χ3v) is 10.3. The molecular weight excluding hydrogens is 534 g/mol. The predicted octanol–water partition coefficient (Wildman–Crippen LogP) is 4.74. The van der Waals surface area contributed by atoms with Crippen molar-refractivity contribution >= 4 is 52.5 Å². The Labute approximate surface area is 235 Å². The number of fused-ring (bicyclic) bond motifs is 1. The zero-order valence-electron chi connectivity index (χ0n) is 21.0. The first kappa shape index (κ1) is 25.9.